The molecule has 29 heavy (non-hydrogen) atoms. The number of carboxylic acids is 2. The third-order valence-electron chi connectivity index (χ3n) is 6.40. The zero-order valence-electron chi connectivity index (χ0n) is 16.5. The van der Waals surface area contributed by atoms with Gasteiger partial charge in [0.2, 0.25) is 0 Å². The maximum absolute atomic E-state index is 12.2. The molecule has 2 aliphatic rings. The lowest BCUT2D eigenvalue weighted by atomic mass is 9.72. The van der Waals surface area contributed by atoms with Crippen LogP contribution in [0.25, 0.3) is 0 Å². The van der Waals surface area contributed by atoms with Gasteiger partial charge >= 0.3 is 11.9 Å². The van der Waals surface area contributed by atoms with Crippen LogP contribution in [0.1, 0.15) is 77.0 Å². The molecule has 0 heterocycles. The molecule has 0 atom stereocenters. The van der Waals surface area contributed by atoms with E-state index in [0.29, 0.717) is 51.4 Å². The predicted molar refractivity (Wildman–Crippen MR) is 104 cm³/mol. The van der Waals surface area contributed by atoms with Gasteiger partial charge in [0.25, 0.3) is 20.2 Å². The van der Waals surface area contributed by atoms with E-state index in [1.165, 1.54) is 0 Å². The van der Waals surface area contributed by atoms with E-state index >= 15 is 0 Å². The fourth-order valence-corrected chi connectivity index (χ4v) is 7.55. The van der Waals surface area contributed by atoms with Gasteiger partial charge in [-0.3, -0.25) is 9.59 Å². The summed E-state index contributed by atoms with van der Waals surface area (Å²) in [5, 5.41) is 19.0. The smallest absolute Gasteiger partial charge is 0.309 e. The van der Waals surface area contributed by atoms with Gasteiger partial charge < -0.3 is 10.2 Å². The molecule has 0 unspecified atom stereocenters. The molecule has 2 fully saturated rings. The second-order valence-electron chi connectivity index (χ2n) is 8.38. The molecule has 2 N–H and O–H groups in total. The minimum Gasteiger partial charge on any atom is -0.481 e. The van der Waals surface area contributed by atoms with Crippen LogP contribution in [0.15, 0.2) is 0 Å². The van der Waals surface area contributed by atoms with E-state index < -0.39 is 54.5 Å². The van der Waals surface area contributed by atoms with Crippen molar-refractivity contribution < 1.29 is 40.3 Å². The normalized spacial score (nSPS) is 22.1. The van der Waals surface area contributed by atoms with Crippen molar-refractivity contribution in [2.45, 2.75) is 77.0 Å². The standard InChI is InChI=1S/C18H30O9S2/c19-15(20)17(7-3-1-4-8-17)11-13-28(23,24)27-29(25,26)14-12-18(16(21)22)9-5-2-6-10-18/h1-14H2,(H,19,20)(H,21,22). The van der Waals surface area contributed by atoms with Crippen molar-refractivity contribution in [3.63, 3.8) is 0 Å². The highest BCUT2D eigenvalue weighted by Gasteiger charge is 2.43. The molecular weight excluding hydrogens is 424 g/mol. The van der Waals surface area contributed by atoms with Gasteiger partial charge in [-0.05, 0) is 38.5 Å². The van der Waals surface area contributed by atoms with Crippen molar-refractivity contribution in [1.82, 2.24) is 0 Å². The average Bonchev–Trinajstić information content (AvgIpc) is 2.65. The summed E-state index contributed by atoms with van der Waals surface area (Å²) < 4.78 is 53.2. The van der Waals surface area contributed by atoms with Crippen molar-refractivity contribution in [2.24, 2.45) is 10.8 Å². The van der Waals surface area contributed by atoms with Crippen LogP contribution in [0.5, 0.6) is 0 Å². The summed E-state index contributed by atoms with van der Waals surface area (Å²) >= 11 is 0. The first-order valence-corrected chi connectivity index (χ1v) is 13.2. The molecular formula is C18H30O9S2. The molecule has 0 radical (unpaired) electrons. The Morgan fingerprint density at radius 1 is 0.655 bits per heavy atom. The van der Waals surface area contributed by atoms with E-state index in [9.17, 15) is 36.6 Å². The van der Waals surface area contributed by atoms with Crippen LogP contribution >= 0.6 is 0 Å². The Labute approximate surface area is 172 Å². The van der Waals surface area contributed by atoms with Gasteiger partial charge in [0.05, 0.1) is 22.3 Å². The molecule has 2 rings (SSSR count). The fourth-order valence-electron chi connectivity index (χ4n) is 4.47. The van der Waals surface area contributed by atoms with Crippen LogP contribution in [-0.2, 0) is 33.5 Å². The van der Waals surface area contributed by atoms with Crippen molar-refractivity contribution >= 4 is 32.2 Å². The van der Waals surface area contributed by atoms with Crippen LogP contribution < -0.4 is 0 Å². The maximum Gasteiger partial charge on any atom is 0.309 e. The Hall–Kier alpha value is -1.20. The summed E-state index contributed by atoms with van der Waals surface area (Å²) in [5.41, 5.74) is -2.35. The van der Waals surface area contributed by atoms with E-state index in [4.69, 9.17) is 0 Å². The van der Waals surface area contributed by atoms with E-state index in [1.807, 2.05) is 0 Å². The number of aliphatic carboxylic acids is 2. The molecule has 2 aliphatic carbocycles. The number of rotatable bonds is 10. The zero-order valence-corrected chi connectivity index (χ0v) is 18.1. The van der Waals surface area contributed by atoms with Gasteiger partial charge in [0.1, 0.15) is 0 Å². The number of carbonyl (C=O) groups is 2. The SMILES string of the molecule is O=C(O)C1(CCS(=O)(=O)OS(=O)(=O)CCC2(C(=O)O)CCCCC2)CCCCC1. The molecule has 2 saturated carbocycles. The minimum absolute atomic E-state index is 0.209. The molecule has 0 aliphatic heterocycles. The van der Waals surface area contributed by atoms with E-state index in [2.05, 4.69) is 3.63 Å². The van der Waals surface area contributed by atoms with Gasteiger partial charge in [-0.1, -0.05) is 38.5 Å². The third-order valence-corrected chi connectivity index (χ3v) is 9.46. The summed E-state index contributed by atoms with van der Waals surface area (Å²) in [6.45, 7) is 0. The van der Waals surface area contributed by atoms with E-state index in [0.717, 1.165) is 12.8 Å². The largest absolute Gasteiger partial charge is 0.481 e. The molecule has 168 valence electrons. The molecule has 0 amide bonds. The molecule has 0 aromatic rings. The molecule has 0 aromatic heterocycles. The second kappa shape index (κ2) is 9.30. The summed E-state index contributed by atoms with van der Waals surface area (Å²) in [7, 11) is -9.00. The Kier molecular flexibility index (Phi) is 7.72. The van der Waals surface area contributed by atoms with Crippen LogP contribution in [0.4, 0.5) is 0 Å². The fraction of sp³-hybridized carbons (Fsp3) is 0.889. The van der Waals surface area contributed by atoms with Crippen LogP contribution in [0.2, 0.25) is 0 Å². The lowest BCUT2D eigenvalue weighted by Crippen LogP contribution is -2.37. The first kappa shape index (κ1) is 24.1. The second-order valence-corrected chi connectivity index (χ2v) is 12.0. The molecule has 0 saturated heterocycles. The minimum atomic E-state index is -4.50. The Morgan fingerprint density at radius 2 is 0.966 bits per heavy atom. The van der Waals surface area contributed by atoms with Crippen LogP contribution in [0.3, 0.4) is 0 Å². The Bertz CT molecular complexity index is 734. The number of hydrogen-bond donors (Lipinski definition) is 2. The van der Waals surface area contributed by atoms with Gasteiger partial charge in [0.15, 0.2) is 0 Å². The summed E-state index contributed by atoms with van der Waals surface area (Å²) in [6.07, 6.45) is 5.50. The zero-order chi connectivity index (χ0) is 21.8. The predicted octanol–water partition coefficient (Wildman–Crippen LogP) is 2.51. The number of carboxylic acid groups (broad SMARTS) is 2. The van der Waals surface area contributed by atoms with Crippen molar-refractivity contribution in [2.75, 3.05) is 11.5 Å². The summed E-state index contributed by atoms with van der Waals surface area (Å²) in [5.74, 6) is -3.56. The molecule has 0 spiro atoms. The van der Waals surface area contributed by atoms with E-state index in [1.54, 1.807) is 0 Å². The quantitative estimate of drug-likeness (QED) is 0.507. The number of hydrogen-bond acceptors (Lipinski definition) is 7. The third kappa shape index (κ3) is 6.39. The van der Waals surface area contributed by atoms with E-state index in [-0.39, 0.29) is 12.8 Å². The molecule has 11 heteroatoms. The monoisotopic (exact) mass is 454 g/mol. The van der Waals surface area contributed by atoms with Gasteiger partial charge in [-0.2, -0.15) is 16.8 Å². The summed E-state index contributed by atoms with van der Waals surface area (Å²) in [4.78, 5) is 23.3. The van der Waals surface area contributed by atoms with Crippen molar-refractivity contribution in [3.8, 4) is 0 Å². The van der Waals surface area contributed by atoms with Gasteiger partial charge in [-0.15, -0.1) is 3.63 Å². The van der Waals surface area contributed by atoms with Crippen molar-refractivity contribution in [3.05, 3.63) is 0 Å². The lowest BCUT2D eigenvalue weighted by Gasteiger charge is -2.33. The maximum atomic E-state index is 12.2. The average molecular weight is 455 g/mol. The van der Waals surface area contributed by atoms with Crippen LogP contribution in [-0.4, -0.2) is 50.5 Å². The topological polar surface area (TPSA) is 152 Å². The Balaban J connectivity index is 1.98. The highest BCUT2D eigenvalue weighted by molar-refractivity contribution is 7.99. The van der Waals surface area contributed by atoms with Crippen LogP contribution in [0, 0.1) is 10.8 Å². The Morgan fingerprint density at radius 3 is 1.24 bits per heavy atom. The first-order valence-electron chi connectivity index (χ1n) is 10.1. The van der Waals surface area contributed by atoms with Gasteiger partial charge in [-0.25, -0.2) is 0 Å². The van der Waals surface area contributed by atoms with Gasteiger partial charge in [0, 0.05) is 0 Å². The molecule has 0 aromatic carbocycles. The molecule has 9 nitrogen and oxygen atoms in total. The highest BCUT2D eigenvalue weighted by atomic mass is 32.3. The summed E-state index contributed by atoms with van der Waals surface area (Å²) in [6, 6.07) is 0. The lowest BCUT2D eigenvalue weighted by molar-refractivity contribution is -0.152. The van der Waals surface area contributed by atoms with Crippen molar-refractivity contribution in [1.29, 1.82) is 0 Å². The molecule has 0 bridgehead atoms. The first-order chi connectivity index (χ1) is 13.4. The highest BCUT2D eigenvalue weighted by Crippen LogP contribution is 2.41.